The predicted octanol–water partition coefficient (Wildman–Crippen LogP) is 2.82. The first-order valence-electron chi connectivity index (χ1n) is 6.61. The Bertz CT molecular complexity index is 486. The zero-order chi connectivity index (χ0) is 15.1. The Morgan fingerprint density at radius 1 is 1.24 bits per heavy atom. The second kappa shape index (κ2) is 8.19. The summed E-state index contributed by atoms with van der Waals surface area (Å²) in [5.74, 6) is 2.44. The minimum Gasteiger partial charge on any atom is -0.484 e. The Morgan fingerprint density at radius 3 is 2.52 bits per heavy atom. The molecule has 0 saturated carbocycles. The van der Waals surface area contributed by atoms with E-state index in [1.165, 1.54) is 17.1 Å². The topological polar surface area (TPSA) is 64.6 Å². The van der Waals surface area contributed by atoms with E-state index in [1.807, 2.05) is 47.8 Å². The van der Waals surface area contributed by atoms with Crippen LogP contribution in [-0.2, 0) is 9.53 Å². The molecular weight excluding hydrogens is 310 g/mol. The van der Waals surface area contributed by atoms with Gasteiger partial charge in [0.1, 0.15) is 5.75 Å². The van der Waals surface area contributed by atoms with E-state index in [1.54, 1.807) is 6.92 Å². The summed E-state index contributed by atoms with van der Waals surface area (Å²) in [5.41, 5.74) is 1.26. The van der Waals surface area contributed by atoms with E-state index in [2.05, 4.69) is 10.1 Å². The standard InChI is InChI=1S/C14H17NO4S2/c1-2-18-14(17)15-12(16)9-19-11-5-3-10(4-6-11)13-20-7-8-21-13/h3-6,13H,2,7-9H2,1H3,(H,15,16,17). The first-order valence-corrected chi connectivity index (χ1v) is 8.71. The number of ether oxygens (including phenoxy) is 2. The molecule has 0 atom stereocenters. The molecule has 0 radical (unpaired) electrons. The number of hydrogen-bond donors (Lipinski definition) is 1. The summed E-state index contributed by atoms with van der Waals surface area (Å²) in [6.45, 7) is 1.67. The molecule has 1 aromatic carbocycles. The SMILES string of the molecule is CCOC(=O)NC(=O)COc1ccc(C2SCCS2)cc1. The molecule has 1 aromatic rings. The molecule has 1 fully saturated rings. The van der Waals surface area contributed by atoms with Crippen molar-refractivity contribution in [1.82, 2.24) is 5.32 Å². The van der Waals surface area contributed by atoms with Gasteiger partial charge in [0, 0.05) is 11.5 Å². The van der Waals surface area contributed by atoms with Crippen molar-refractivity contribution in [3.05, 3.63) is 29.8 Å². The average molecular weight is 327 g/mol. The molecule has 1 heterocycles. The number of carbonyl (C=O) groups excluding carboxylic acids is 2. The lowest BCUT2D eigenvalue weighted by molar-refractivity contribution is -0.122. The number of amides is 2. The predicted molar refractivity (Wildman–Crippen MR) is 84.8 cm³/mol. The molecule has 5 nitrogen and oxygen atoms in total. The Kier molecular flexibility index (Phi) is 6.25. The van der Waals surface area contributed by atoms with Crippen LogP contribution in [0.1, 0.15) is 17.1 Å². The van der Waals surface area contributed by atoms with Crippen molar-refractivity contribution >= 4 is 35.5 Å². The van der Waals surface area contributed by atoms with E-state index in [0.29, 0.717) is 10.3 Å². The van der Waals surface area contributed by atoms with Gasteiger partial charge in [-0.15, -0.1) is 23.5 Å². The van der Waals surface area contributed by atoms with Crippen LogP contribution in [-0.4, -0.2) is 36.7 Å². The minimum absolute atomic E-state index is 0.217. The quantitative estimate of drug-likeness (QED) is 0.897. The van der Waals surface area contributed by atoms with Crippen molar-refractivity contribution in [2.45, 2.75) is 11.5 Å². The van der Waals surface area contributed by atoms with Crippen molar-refractivity contribution in [3.63, 3.8) is 0 Å². The molecule has 2 amide bonds. The molecule has 114 valence electrons. The molecular formula is C14H17NO4S2. The highest BCUT2D eigenvalue weighted by atomic mass is 32.2. The lowest BCUT2D eigenvalue weighted by Crippen LogP contribution is -2.34. The Hall–Kier alpha value is -1.34. The number of alkyl carbamates (subject to hydrolysis) is 1. The summed E-state index contributed by atoms with van der Waals surface area (Å²) in [6.07, 6.45) is -0.753. The zero-order valence-corrected chi connectivity index (χ0v) is 13.3. The molecule has 21 heavy (non-hydrogen) atoms. The largest absolute Gasteiger partial charge is 0.484 e. The van der Waals surface area contributed by atoms with E-state index < -0.39 is 12.0 Å². The van der Waals surface area contributed by atoms with Crippen molar-refractivity contribution < 1.29 is 19.1 Å². The average Bonchev–Trinajstić information content (AvgIpc) is 3.00. The number of carbonyl (C=O) groups is 2. The Labute approximate surface area is 132 Å². The molecule has 1 N–H and O–H groups in total. The highest BCUT2D eigenvalue weighted by Gasteiger charge is 2.18. The summed E-state index contributed by atoms with van der Waals surface area (Å²) in [6, 6.07) is 7.70. The lowest BCUT2D eigenvalue weighted by atomic mass is 10.2. The van der Waals surface area contributed by atoms with Crippen molar-refractivity contribution in [2.24, 2.45) is 0 Å². The molecule has 0 aliphatic carbocycles. The second-order valence-electron chi connectivity index (χ2n) is 4.20. The molecule has 2 rings (SSSR count). The van der Waals surface area contributed by atoms with Gasteiger partial charge < -0.3 is 9.47 Å². The zero-order valence-electron chi connectivity index (χ0n) is 11.7. The Morgan fingerprint density at radius 2 is 1.90 bits per heavy atom. The van der Waals surface area contributed by atoms with E-state index in [9.17, 15) is 9.59 Å². The minimum atomic E-state index is -0.753. The molecule has 1 aliphatic heterocycles. The molecule has 1 aliphatic rings. The summed E-state index contributed by atoms with van der Waals surface area (Å²) < 4.78 is 10.4. The number of rotatable bonds is 5. The van der Waals surface area contributed by atoms with Crippen molar-refractivity contribution in [1.29, 1.82) is 0 Å². The van der Waals surface area contributed by atoms with Gasteiger partial charge in [0.2, 0.25) is 0 Å². The van der Waals surface area contributed by atoms with Crippen LogP contribution in [0, 0.1) is 0 Å². The van der Waals surface area contributed by atoms with Crippen LogP contribution >= 0.6 is 23.5 Å². The third kappa shape index (κ3) is 5.17. The monoisotopic (exact) mass is 327 g/mol. The number of thioether (sulfide) groups is 2. The molecule has 0 spiro atoms. The van der Waals surface area contributed by atoms with Crippen LogP contribution < -0.4 is 10.1 Å². The molecule has 0 bridgehead atoms. The van der Waals surface area contributed by atoms with Gasteiger partial charge in [0.15, 0.2) is 6.61 Å². The summed E-state index contributed by atoms with van der Waals surface area (Å²) in [7, 11) is 0. The van der Waals surface area contributed by atoms with Gasteiger partial charge in [-0.1, -0.05) is 12.1 Å². The van der Waals surface area contributed by atoms with Crippen LogP contribution in [0.4, 0.5) is 4.79 Å². The summed E-state index contributed by atoms with van der Waals surface area (Å²) in [4.78, 5) is 22.5. The summed E-state index contributed by atoms with van der Waals surface area (Å²) >= 11 is 3.88. The fourth-order valence-corrected chi connectivity index (χ4v) is 4.60. The first kappa shape index (κ1) is 16.0. The van der Waals surface area contributed by atoms with Gasteiger partial charge in [0.05, 0.1) is 11.2 Å². The van der Waals surface area contributed by atoms with Gasteiger partial charge in [-0.25, -0.2) is 4.79 Å². The smallest absolute Gasteiger partial charge is 0.413 e. The van der Waals surface area contributed by atoms with Crippen LogP contribution in [0.3, 0.4) is 0 Å². The third-order valence-corrected chi connectivity index (χ3v) is 5.77. The van der Waals surface area contributed by atoms with Crippen LogP contribution in [0.5, 0.6) is 5.75 Å². The number of benzene rings is 1. The normalized spacial score (nSPS) is 14.7. The highest BCUT2D eigenvalue weighted by molar-refractivity contribution is 8.19. The maximum absolute atomic E-state index is 11.4. The second-order valence-corrected chi connectivity index (χ2v) is 6.92. The van der Waals surface area contributed by atoms with Crippen LogP contribution in [0.2, 0.25) is 0 Å². The molecule has 0 unspecified atom stereocenters. The number of hydrogen-bond acceptors (Lipinski definition) is 6. The van der Waals surface area contributed by atoms with Crippen LogP contribution in [0.25, 0.3) is 0 Å². The fourth-order valence-electron chi connectivity index (χ4n) is 1.74. The third-order valence-electron chi connectivity index (χ3n) is 2.66. The highest BCUT2D eigenvalue weighted by Crippen LogP contribution is 2.45. The molecule has 7 heteroatoms. The summed E-state index contributed by atoms with van der Waals surface area (Å²) in [5, 5.41) is 2.08. The van der Waals surface area contributed by atoms with E-state index in [0.717, 1.165) is 0 Å². The van der Waals surface area contributed by atoms with Gasteiger partial charge in [-0.05, 0) is 24.6 Å². The van der Waals surface area contributed by atoms with Gasteiger partial charge in [0.25, 0.3) is 5.91 Å². The van der Waals surface area contributed by atoms with E-state index in [4.69, 9.17) is 4.74 Å². The molecule has 1 saturated heterocycles. The van der Waals surface area contributed by atoms with Crippen LogP contribution in [0.15, 0.2) is 24.3 Å². The van der Waals surface area contributed by atoms with Crippen molar-refractivity contribution in [3.8, 4) is 5.75 Å². The van der Waals surface area contributed by atoms with E-state index in [-0.39, 0.29) is 13.2 Å². The lowest BCUT2D eigenvalue weighted by Gasteiger charge is -2.10. The first-order chi connectivity index (χ1) is 10.2. The number of nitrogens with one attached hydrogen (secondary N) is 1. The van der Waals surface area contributed by atoms with Gasteiger partial charge >= 0.3 is 6.09 Å². The maximum atomic E-state index is 11.4. The Balaban J connectivity index is 1.78. The fraction of sp³-hybridized carbons (Fsp3) is 0.429. The van der Waals surface area contributed by atoms with Crippen molar-refractivity contribution in [2.75, 3.05) is 24.7 Å². The van der Waals surface area contributed by atoms with Gasteiger partial charge in [-0.2, -0.15) is 0 Å². The number of imide groups is 1. The maximum Gasteiger partial charge on any atom is 0.413 e. The van der Waals surface area contributed by atoms with E-state index >= 15 is 0 Å². The van der Waals surface area contributed by atoms with Gasteiger partial charge in [-0.3, -0.25) is 10.1 Å². The molecule has 0 aromatic heterocycles.